The van der Waals surface area contributed by atoms with Crippen molar-refractivity contribution in [3.05, 3.63) is 59.7 Å². The Hall–Kier alpha value is -1.29. The molecule has 0 aliphatic carbocycles. The third kappa shape index (κ3) is 3.67. The van der Waals surface area contributed by atoms with Crippen molar-refractivity contribution in [2.24, 2.45) is 5.73 Å². The van der Waals surface area contributed by atoms with Crippen LogP contribution in [0.15, 0.2) is 58.3 Å². The quantitative estimate of drug-likeness (QED) is 0.902. The van der Waals surface area contributed by atoms with Crippen LogP contribution < -0.4 is 11.1 Å². The van der Waals surface area contributed by atoms with Crippen molar-refractivity contribution in [3.8, 4) is 0 Å². The summed E-state index contributed by atoms with van der Waals surface area (Å²) in [5, 5.41) is 3.45. The van der Waals surface area contributed by atoms with Crippen LogP contribution in [0.3, 0.4) is 0 Å². The molecule has 0 aromatic heterocycles. The van der Waals surface area contributed by atoms with E-state index in [1.54, 1.807) is 0 Å². The Kier molecular flexibility index (Phi) is 4.96. The lowest BCUT2D eigenvalue weighted by Gasteiger charge is -2.25. The van der Waals surface area contributed by atoms with Crippen LogP contribution in [0.1, 0.15) is 29.9 Å². The fourth-order valence-electron chi connectivity index (χ4n) is 2.86. The molecule has 2 aromatic carbocycles. The van der Waals surface area contributed by atoms with Crippen LogP contribution >= 0.6 is 11.8 Å². The Morgan fingerprint density at radius 3 is 2.43 bits per heavy atom. The highest BCUT2D eigenvalue weighted by atomic mass is 32.2. The maximum absolute atomic E-state index is 5.66. The first kappa shape index (κ1) is 14.6. The Morgan fingerprint density at radius 2 is 1.71 bits per heavy atom. The molecule has 3 heteroatoms. The molecule has 3 N–H and O–H groups in total. The zero-order chi connectivity index (χ0) is 14.5. The van der Waals surface area contributed by atoms with Gasteiger partial charge in [-0.15, -0.1) is 0 Å². The van der Waals surface area contributed by atoms with E-state index in [2.05, 4.69) is 53.8 Å². The van der Waals surface area contributed by atoms with Gasteiger partial charge in [-0.05, 0) is 61.2 Å². The molecule has 2 nitrogen and oxygen atoms in total. The maximum atomic E-state index is 5.66. The highest BCUT2D eigenvalue weighted by molar-refractivity contribution is 7.99. The number of hydrogen-bond acceptors (Lipinski definition) is 3. The fraction of sp³-hybridized carbons (Fsp3) is 0.333. The summed E-state index contributed by atoms with van der Waals surface area (Å²) < 4.78 is 0. The number of hydrogen-bond donors (Lipinski definition) is 2. The summed E-state index contributed by atoms with van der Waals surface area (Å²) in [6.07, 6.45) is 2.48. The van der Waals surface area contributed by atoms with E-state index in [-0.39, 0.29) is 0 Å². The number of nitrogens with one attached hydrogen (secondary N) is 1. The molecule has 0 unspecified atom stereocenters. The van der Waals surface area contributed by atoms with E-state index in [1.807, 2.05) is 11.8 Å². The average Bonchev–Trinajstić information content (AvgIpc) is 2.57. The molecule has 1 fully saturated rings. The van der Waals surface area contributed by atoms with Crippen molar-refractivity contribution in [1.29, 1.82) is 0 Å². The topological polar surface area (TPSA) is 38.0 Å². The average molecular weight is 298 g/mol. The molecular weight excluding hydrogens is 276 g/mol. The van der Waals surface area contributed by atoms with Crippen molar-refractivity contribution in [2.45, 2.75) is 35.1 Å². The van der Waals surface area contributed by atoms with E-state index in [9.17, 15) is 0 Å². The fourth-order valence-corrected chi connectivity index (χ4v) is 3.89. The number of nitrogens with two attached hydrogens (primary N) is 1. The second-order valence-corrected chi connectivity index (χ2v) is 6.63. The first-order chi connectivity index (χ1) is 10.4. The minimum absolute atomic E-state index is 0.608. The van der Waals surface area contributed by atoms with Crippen LogP contribution in [0.25, 0.3) is 0 Å². The largest absolute Gasteiger partial charge is 0.326 e. The summed E-state index contributed by atoms with van der Waals surface area (Å²) in [7, 11) is 0. The van der Waals surface area contributed by atoms with E-state index in [4.69, 9.17) is 5.73 Å². The minimum atomic E-state index is 0.608. The van der Waals surface area contributed by atoms with Crippen LogP contribution in [-0.4, -0.2) is 13.1 Å². The molecule has 0 bridgehead atoms. The second-order valence-electron chi connectivity index (χ2n) is 5.51. The van der Waals surface area contributed by atoms with Crippen molar-refractivity contribution in [3.63, 3.8) is 0 Å². The summed E-state index contributed by atoms with van der Waals surface area (Å²) in [6, 6.07) is 17.4. The van der Waals surface area contributed by atoms with Gasteiger partial charge in [0.15, 0.2) is 0 Å². The number of rotatable bonds is 4. The summed E-state index contributed by atoms with van der Waals surface area (Å²) in [4.78, 5) is 2.68. The Labute approximate surface area is 131 Å². The smallest absolute Gasteiger partial charge is 0.0178 e. The van der Waals surface area contributed by atoms with Crippen molar-refractivity contribution >= 4 is 11.8 Å². The van der Waals surface area contributed by atoms with Crippen LogP contribution in [0, 0.1) is 0 Å². The van der Waals surface area contributed by atoms with Gasteiger partial charge in [0.2, 0.25) is 0 Å². The molecule has 0 amide bonds. The second kappa shape index (κ2) is 7.12. The lowest BCUT2D eigenvalue weighted by Crippen LogP contribution is -2.26. The standard InChI is InChI=1S/C18H22N2S/c19-13-14-5-7-16(8-6-14)21-18-4-2-1-3-17(18)15-9-11-20-12-10-15/h1-8,15,20H,9-13,19H2. The number of benzene rings is 2. The highest BCUT2D eigenvalue weighted by Gasteiger charge is 2.18. The van der Waals surface area contributed by atoms with Crippen molar-refractivity contribution < 1.29 is 0 Å². The van der Waals surface area contributed by atoms with E-state index in [0.717, 1.165) is 13.1 Å². The van der Waals surface area contributed by atoms with Gasteiger partial charge in [0.05, 0.1) is 0 Å². The lowest BCUT2D eigenvalue weighted by atomic mass is 9.90. The predicted octanol–water partition coefficient (Wildman–Crippen LogP) is 3.76. The van der Waals surface area contributed by atoms with Gasteiger partial charge >= 0.3 is 0 Å². The molecule has 3 rings (SSSR count). The SMILES string of the molecule is NCc1ccc(Sc2ccccc2C2CCNCC2)cc1. The highest BCUT2D eigenvalue weighted by Crippen LogP contribution is 2.36. The Balaban J connectivity index is 1.80. The minimum Gasteiger partial charge on any atom is -0.326 e. The van der Waals surface area contributed by atoms with Gasteiger partial charge in [-0.25, -0.2) is 0 Å². The lowest BCUT2D eigenvalue weighted by molar-refractivity contribution is 0.456. The monoisotopic (exact) mass is 298 g/mol. The van der Waals surface area contributed by atoms with Gasteiger partial charge in [0.25, 0.3) is 0 Å². The Morgan fingerprint density at radius 1 is 1.00 bits per heavy atom. The van der Waals surface area contributed by atoms with Crippen LogP contribution in [0.2, 0.25) is 0 Å². The first-order valence-electron chi connectivity index (χ1n) is 7.63. The van der Waals surface area contributed by atoms with Crippen LogP contribution in [0.4, 0.5) is 0 Å². The van der Waals surface area contributed by atoms with Gasteiger partial charge in [-0.1, -0.05) is 42.1 Å². The van der Waals surface area contributed by atoms with E-state index < -0.39 is 0 Å². The summed E-state index contributed by atoms with van der Waals surface area (Å²) >= 11 is 1.87. The van der Waals surface area contributed by atoms with Crippen LogP contribution in [0.5, 0.6) is 0 Å². The zero-order valence-electron chi connectivity index (χ0n) is 12.2. The molecule has 0 radical (unpaired) electrons. The van der Waals surface area contributed by atoms with Crippen molar-refractivity contribution in [1.82, 2.24) is 5.32 Å². The van der Waals surface area contributed by atoms with Crippen LogP contribution in [-0.2, 0) is 6.54 Å². The number of piperidine rings is 1. The normalized spacial score (nSPS) is 16.0. The first-order valence-corrected chi connectivity index (χ1v) is 8.45. The van der Waals surface area contributed by atoms with Gasteiger partial charge in [0, 0.05) is 16.3 Å². The maximum Gasteiger partial charge on any atom is 0.0178 e. The molecule has 110 valence electrons. The molecule has 1 aliphatic heterocycles. The van der Waals surface area contributed by atoms with E-state index in [1.165, 1.54) is 33.8 Å². The predicted molar refractivity (Wildman–Crippen MR) is 89.7 cm³/mol. The molecule has 1 saturated heterocycles. The molecule has 0 atom stereocenters. The van der Waals surface area contributed by atoms with Gasteiger partial charge < -0.3 is 11.1 Å². The third-order valence-corrected chi connectivity index (χ3v) is 5.18. The molecule has 0 saturated carbocycles. The van der Waals surface area contributed by atoms with Gasteiger partial charge in [0.1, 0.15) is 0 Å². The summed E-state index contributed by atoms with van der Waals surface area (Å²) in [5.74, 6) is 0.693. The van der Waals surface area contributed by atoms with Gasteiger partial charge in [-0.3, -0.25) is 0 Å². The van der Waals surface area contributed by atoms with E-state index in [0.29, 0.717) is 12.5 Å². The zero-order valence-corrected chi connectivity index (χ0v) is 13.0. The molecule has 1 aliphatic rings. The molecule has 1 heterocycles. The van der Waals surface area contributed by atoms with E-state index >= 15 is 0 Å². The third-order valence-electron chi connectivity index (χ3n) is 4.08. The summed E-state index contributed by atoms with van der Waals surface area (Å²) in [5.41, 5.74) is 8.35. The molecule has 21 heavy (non-hydrogen) atoms. The van der Waals surface area contributed by atoms with Gasteiger partial charge in [-0.2, -0.15) is 0 Å². The molecule has 0 spiro atoms. The molecular formula is C18H22N2S. The summed E-state index contributed by atoms with van der Waals surface area (Å²) in [6.45, 7) is 2.88. The molecule has 2 aromatic rings. The van der Waals surface area contributed by atoms with Crippen molar-refractivity contribution in [2.75, 3.05) is 13.1 Å². The Bertz CT molecular complexity index is 574.